The van der Waals surface area contributed by atoms with Gasteiger partial charge >= 0.3 is 16.5 Å². The number of carbonyl (C=O) groups excluding carboxylic acids is 1. The molecule has 0 rings (SSSR count). The summed E-state index contributed by atoms with van der Waals surface area (Å²) in [6, 6.07) is 0. The molecule has 0 fully saturated rings. The Morgan fingerprint density at radius 2 is 2.11 bits per heavy atom. The van der Waals surface area contributed by atoms with Gasteiger partial charge in [0.1, 0.15) is 0 Å². The highest BCUT2D eigenvalue weighted by Crippen LogP contribution is 1.86. The highest BCUT2D eigenvalue weighted by atomic mass is 35.5. The van der Waals surface area contributed by atoms with Crippen LogP contribution in [0.5, 0.6) is 0 Å². The van der Waals surface area contributed by atoms with E-state index in [1.807, 2.05) is 0 Å². The maximum Gasteiger partial charge on any atom is 0.450 e. The zero-order valence-electron chi connectivity index (χ0n) is 3.87. The van der Waals surface area contributed by atoms with Crippen molar-refractivity contribution < 1.29 is 21.9 Å². The molecule has 6 nitrogen and oxygen atoms in total. The van der Waals surface area contributed by atoms with Crippen molar-refractivity contribution >= 4 is 28.3 Å². The van der Waals surface area contributed by atoms with E-state index >= 15 is 0 Å². The van der Waals surface area contributed by atoms with E-state index in [-0.39, 0.29) is 0 Å². The predicted molar refractivity (Wildman–Crippen MR) is 27.0 cm³/mol. The molecule has 0 aliphatic rings. The molecule has 0 aromatic carbocycles. The first-order chi connectivity index (χ1) is 3.95. The molecule has 54 valence electrons. The minimum atomic E-state index is -4.73. The summed E-state index contributed by atoms with van der Waals surface area (Å²) in [7, 11) is -4.73. The zero-order chi connectivity index (χ0) is 7.49. The summed E-state index contributed by atoms with van der Waals surface area (Å²) in [5.41, 5.74) is 0. The molecule has 0 heterocycles. The van der Waals surface area contributed by atoms with Crippen molar-refractivity contribution in [3.63, 3.8) is 0 Å². The molecule has 1 amide bonds. The Morgan fingerprint density at radius 1 is 1.67 bits per heavy atom. The third-order valence-corrected chi connectivity index (χ3v) is 0.774. The Labute approximate surface area is 55.8 Å². The third-order valence-electron chi connectivity index (χ3n) is 0.258. The zero-order valence-corrected chi connectivity index (χ0v) is 5.44. The molecular formula is CH2ClNO5S. The van der Waals surface area contributed by atoms with E-state index in [9.17, 15) is 13.2 Å². The first kappa shape index (κ1) is 8.47. The minimum absolute atomic E-state index is 1.29. The average molecular weight is 176 g/mol. The summed E-state index contributed by atoms with van der Waals surface area (Å²) in [6.07, 6.45) is -1.46. The van der Waals surface area contributed by atoms with Gasteiger partial charge in [-0.2, -0.15) is 8.42 Å². The van der Waals surface area contributed by atoms with Crippen molar-refractivity contribution in [2.45, 2.75) is 0 Å². The summed E-state index contributed by atoms with van der Waals surface area (Å²) >= 11 is 4.56. The molecule has 0 spiro atoms. The van der Waals surface area contributed by atoms with E-state index in [0.29, 0.717) is 0 Å². The van der Waals surface area contributed by atoms with Gasteiger partial charge in [-0.05, 0) is 0 Å². The van der Waals surface area contributed by atoms with Gasteiger partial charge in [0.2, 0.25) is 0 Å². The standard InChI is InChI=1S/CH2ClNO5S/c2-3-1(4)8-9(5,6)7/h(H,3,4)(H,5,6,7). The van der Waals surface area contributed by atoms with Gasteiger partial charge in [-0.1, -0.05) is 0 Å². The van der Waals surface area contributed by atoms with Gasteiger partial charge in [-0.15, -0.1) is 0 Å². The topological polar surface area (TPSA) is 92.7 Å². The molecule has 0 aromatic heterocycles. The van der Waals surface area contributed by atoms with Crippen molar-refractivity contribution in [3.05, 3.63) is 0 Å². The van der Waals surface area contributed by atoms with Crippen molar-refractivity contribution in [2.75, 3.05) is 0 Å². The summed E-state index contributed by atoms with van der Waals surface area (Å²) < 4.78 is 30.2. The van der Waals surface area contributed by atoms with E-state index < -0.39 is 16.5 Å². The van der Waals surface area contributed by atoms with Gasteiger partial charge in [0.25, 0.3) is 0 Å². The molecule has 0 unspecified atom stereocenters. The highest BCUT2D eigenvalue weighted by Gasteiger charge is 2.10. The molecule has 9 heavy (non-hydrogen) atoms. The molecule has 2 N–H and O–H groups in total. The van der Waals surface area contributed by atoms with Gasteiger partial charge in [0, 0.05) is 11.8 Å². The molecular weight excluding hydrogens is 174 g/mol. The van der Waals surface area contributed by atoms with Gasteiger partial charge in [0.15, 0.2) is 0 Å². The molecule has 0 atom stereocenters. The van der Waals surface area contributed by atoms with Gasteiger partial charge in [-0.3, -0.25) is 4.55 Å². The monoisotopic (exact) mass is 175 g/mol. The fraction of sp³-hybridized carbons (Fsp3) is 0. The molecule has 0 aromatic rings. The normalized spacial score (nSPS) is 10.4. The number of halogens is 1. The van der Waals surface area contributed by atoms with Crippen LogP contribution in [0.4, 0.5) is 4.79 Å². The maximum absolute atomic E-state index is 9.82. The number of amides is 1. The van der Waals surface area contributed by atoms with E-state index in [1.54, 1.807) is 0 Å². The number of nitrogens with one attached hydrogen (secondary N) is 1. The van der Waals surface area contributed by atoms with Crippen molar-refractivity contribution in [3.8, 4) is 0 Å². The van der Waals surface area contributed by atoms with Crippen LogP contribution in [0.1, 0.15) is 0 Å². The van der Waals surface area contributed by atoms with Crippen molar-refractivity contribution in [1.82, 2.24) is 4.84 Å². The number of carbonyl (C=O) groups is 1. The molecule has 0 aliphatic heterocycles. The summed E-state index contributed by atoms with van der Waals surface area (Å²) in [5.74, 6) is 0. The number of rotatable bonds is 1. The highest BCUT2D eigenvalue weighted by molar-refractivity contribution is 7.81. The molecule has 8 heteroatoms. The van der Waals surface area contributed by atoms with Crippen LogP contribution in [0, 0.1) is 0 Å². The lowest BCUT2D eigenvalue weighted by Crippen LogP contribution is -2.18. The fourth-order valence-electron chi connectivity index (χ4n) is 0.111. The Kier molecular flexibility index (Phi) is 2.68. The smallest absolute Gasteiger partial charge is 0.306 e. The second-order valence-corrected chi connectivity index (χ2v) is 2.10. The SMILES string of the molecule is O=C(NCl)OS(=O)(=O)O. The first-order valence-corrected chi connectivity index (χ1v) is 3.27. The van der Waals surface area contributed by atoms with Crippen LogP contribution >= 0.6 is 11.8 Å². The third kappa shape index (κ3) is 5.34. The molecule has 0 bridgehead atoms. The lowest BCUT2D eigenvalue weighted by atomic mass is 11.3. The minimum Gasteiger partial charge on any atom is -0.306 e. The van der Waals surface area contributed by atoms with Gasteiger partial charge in [0.05, 0.1) is 0 Å². The second-order valence-electron chi connectivity index (χ2n) is 0.893. The average Bonchev–Trinajstić information content (AvgIpc) is 1.62. The summed E-state index contributed by atoms with van der Waals surface area (Å²) in [5, 5.41) is 0. The molecule has 0 saturated carbocycles. The van der Waals surface area contributed by atoms with E-state index in [4.69, 9.17) is 4.55 Å². The first-order valence-electron chi connectivity index (χ1n) is 1.53. The van der Waals surface area contributed by atoms with Gasteiger partial charge in [-0.25, -0.2) is 9.63 Å². The largest absolute Gasteiger partial charge is 0.450 e. The Bertz CT molecular complexity index is 195. The molecule has 0 radical (unpaired) electrons. The van der Waals surface area contributed by atoms with Crippen molar-refractivity contribution in [2.24, 2.45) is 0 Å². The molecule has 0 aliphatic carbocycles. The van der Waals surface area contributed by atoms with Crippen LogP contribution in [0.3, 0.4) is 0 Å². The van der Waals surface area contributed by atoms with Crippen LogP contribution in [-0.4, -0.2) is 19.1 Å². The van der Waals surface area contributed by atoms with Crippen LogP contribution in [-0.2, 0) is 14.6 Å². The lowest BCUT2D eigenvalue weighted by Gasteiger charge is -1.93. The summed E-state index contributed by atoms with van der Waals surface area (Å²) in [6.45, 7) is 0. The van der Waals surface area contributed by atoms with Crippen LogP contribution in [0.25, 0.3) is 0 Å². The quantitative estimate of drug-likeness (QED) is 0.421. The lowest BCUT2D eigenvalue weighted by molar-refractivity contribution is 0.202. The fourth-order valence-corrected chi connectivity index (χ4v) is 0.429. The Balaban J connectivity index is 3.91. The van der Waals surface area contributed by atoms with E-state index in [2.05, 4.69) is 16.0 Å². The van der Waals surface area contributed by atoms with Crippen molar-refractivity contribution in [1.29, 1.82) is 0 Å². The Morgan fingerprint density at radius 3 is 2.22 bits per heavy atom. The van der Waals surface area contributed by atoms with Crippen LogP contribution in [0.15, 0.2) is 0 Å². The second kappa shape index (κ2) is 2.85. The maximum atomic E-state index is 9.82. The van der Waals surface area contributed by atoms with Gasteiger partial charge < -0.3 is 4.18 Å². The van der Waals surface area contributed by atoms with Crippen LogP contribution < -0.4 is 4.84 Å². The van der Waals surface area contributed by atoms with Crippen LogP contribution in [0.2, 0.25) is 0 Å². The summed E-state index contributed by atoms with van der Waals surface area (Å²) in [4.78, 5) is 11.1. The molecule has 0 saturated heterocycles. The Hall–Kier alpha value is -0.530. The number of hydrogen-bond acceptors (Lipinski definition) is 4. The van der Waals surface area contributed by atoms with E-state index in [0.717, 1.165) is 0 Å². The predicted octanol–water partition coefficient (Wildman–Crippen LogP) is -0.331. The number of hydrogen-bond donors (Lipinski definition) is 2. The van der Waals surface area contributed by atoms with E-state index in [1.165, 1.54) is 4.84 Å².